The first-order valence-electron chi connectivity index (χ1n) is 6.11. The highest BCUT2D eigenvalue weighted by Gasteiger charge is 2.28. The third-order valence-corrected chi connectivity index (χ3v) is 3.13. The first kappa shape index (κ1) is 18.5. The zero-order valence-electron chi connectivity index (χ0n) is 11.2. The average Bonchev–Trinajstić information content (AvgIpc) is 2.76. The van der Waals surface area contributed by atoms with Gasteiger partial charge in [0.25, 0.3) is 5.97 Å². The van der Waals surface area contributed by atoms with Crippen LogP contribution in [0.25, 0.3) is 0 Å². The number of hydroxylamine groups is 2. The molecule has 0 radical (unpaired) electrons. The van der Waals surface area contributed by atoms with Crippen LogP contribution in [-0.4, -0.2) is 66.8 Å². The summed E-state index contributed by atoms with van der Waals surface area (Å²) in [4.78, 5) is 31.0. The van der Waals surface area contributed by atoms with Gasteiger partial charge in [0, 0.05) is 6.54 Å². The quantitative estimate of drug-likeness (QED) is 0.439. The van der Waals surface area contributed by atoms with Crippen molar-refractivity contribution in [1.29, 1.82) is 0 Å². The van der Waals surface area contributed by atoms with Crippen LogP contribution < -0.4 is 5.73 Å². The van der Waals surface area contributed by atoms with Crippen molar-refractivity contribution in [3.05, 3.63) is 0 Å². The SMILES string of the molecule is C[SiH2]OC(=O)CC(N)C(=O)O.O=C(O)C1CCCN1O. The number of carboxylic acids is 2. The topological polar surface area (TPSA) is 150 Å². The van der Waals surface area contributed by atoms with E-state index in [0.717, 1.165) is 11.5 Å². The molecule has 2 atom stereocenters. The molecular weight excluding hydrogens is 288 g/mol. The van der Waals surface area contributed by atoms with Crippen LogP contribution in [0, 0.1) is 0 Å². The molecule has 1 fully saturated rings. The van der Waals surface area contributed by atoms with Crippen LogP contribution in [0.15, 0.2) is 0 Å². The van der Waals surface area contributed by atoms with Gasteiger partial charge in [-0.1, -0.05) is 0 Å². The number of nitrogens with zero attached hydrogens (tertiary/aromatic N) is 1. The van der Waals surface area contributed by atoms with Crippen LogP contribution in [-0.2, 0) is 18.8 Å². The second-order valence-corrected chi connectivity index (χ2v) is 4.98. The highest BCUT2D eigenvalue weighted by atomic mass is 28.2. The van der Waals surface area contributed by atoms with Gasteiger partial charge in [0.05, 0.1) is 6.42 Å². The lowest BCUT2D eigenvalue weighted by Gasteiger charge is -2.11. The van der Waals surface area contributed by atoms with E-state index in [9.17, 15) is 14.4 Å². The van der Waals surface area contributed by atoms with Crippen molar-refractivity contribution in [2.75, 3.05) is 6.54 Å². The Morgan fingerprint density at radius 3 is 2.35 bits per heavy atom. The van der Waals surface area contributed by atoms with Crippen molar-refractivity contribution in [3.63, 3.8) is 0 Å². The Morgan fingerprint density at radius 1 is 1.45 bits per heavy atom. The Hall–Kier alpha value is -1.49. The molecule has 1 saturated heterocycles. The van der Waals surface area contributed by atoms with Crippen molar-refractivity contribution >= 4 is 27.7 Å². The summed E-state index contributed by atoms with van der Waals surface area (Å²) in [7, 11) is -0.799. The molecule has 0 amide bonds. The Balaban J connectivity index is 0.000000367. The van der Waals surface area contributed by atoms with Crippen LogP contribution >= 0.6 is 0 Å². The van der Waals surface area contributed by atoms with Gasteiger partial charge in [0.1, 0.15) is 12.1 Å². The molecule has 1 aliphatic rings. The minimum absolute atomic E-state index is 0.240. The molecule has 0 aromatic carbocycles. The van der Waals surface area contributed by atoms with Crippen molar-refractivity contribution in [2.45, 2.75) is 37.9 Å². The largest absolute Gasteiger partial charge is 0.525 e. The zero-order valence-corrected chi connectivity index (χ0v) is 12.6. The van der Waals surface area contributed by atoms with Crippen LogP contribution in [0.1, 0.15) is 19.3 Å². The number of carbonyl (C=O) groups excluding carboxylic acids is 1. The highest BCUT2D eigenvalue weighted by Crippen LogP contribution is 2.13. The number of hydrogen-bond donors (Lipinski definition) is 4. The fourth-order valence-electron chi connectivity index (χ4n) is 1.49. The summed E-state index contributed by atoms with van der Waals surface area (Å²) < 4.78 is 4.62. The van der Waals surface area contributed by atoms with Gasteiger partial charge >= 0.3 is 11.9 Å². The second kappa shape index (κ2) is 9.42. The van der Waals surface area contributed by atoms with E-state index < -0.39 is 39.8 Å². The monoisotopic (exact) mass is 308 g/mol. The molecule has 5 N–H and O–H groups in total. The molecule has 9 nitrogen and oxygen atoms in total. The van der Waals surface area contributed by atoms with Gasteiger partial charge in [-0.25, -0.2) is 0 Å². The fourth-order valence-corrected chi connectivity index (χ4v) is 1.93. The lowest BCUT2D eigenvalue weighted by molar-refractivity contribution is -0.161. The molecule has 20 heavy (non-hydrogen) atoms. The Labute approximate surface area is 118 Å². The van der Waals surface area contributed by atoms with Gasteiger partial charge in [-0.3, -0.25) is 14.4 Å². The molecule has 2 unspecified atom stereocenters. The lowest BCUT2D eigenvalue weighted by Crippen LogP contribution is -2.33. The number of aliphatic carboxylic acids is 2. The fraction of sp³-hybridized carbons (Fsp3) is 0.700. The van der Waals surface area contributed by atoms with Gasteiger partial charge in [-0.15, -0.1) is 0 Å². The molecular formula is C10H20N2O7Si. The second-order valence-electron chi connectivity index (χ2n) is 4.11. The van der Waals surface area contributed by atoms with E-state index in [1.807, 2.05) is 0 Å². The summed E-state index contributed by atoms with van der Waals surface area (Å²) in [6.07, 6.45) is 1.09. The normalized spacial score (nSPS) is 20.2. The van der Waals surface area contributed by atoms with Crippen LogP contribution in [0.2, 0.25) is 6.55 Å². The van der Waals surface area contributed by atoms with Crippen molar-refractivity contribution < 1.29 is 34.2 Å². The molecule has 116 valence electrons. The third-order valence-electron chi connectivity index (χ3n) is 2.52. The maximum absolute atomic E-state index is 10.6. The van der Waals surface area contributed by atoms with Gasteiger partial charge in [-0.2, -0.15) is 5.06 Å². The number of rotatable bonds is 5. The maximum atomic E-state index is 10.6. The van der Waals surface area contributed by atoms with Gasteiger partial charge in [0.15, 0.2) is 0 Å². The van der Waals surface area contributed by atoms with E-state index in [2.05, 4.69) is 4.43 Å². The molecule has 10 heteroatoms. The minimum atomic E-state index is -1.18. The van der Waals surface area contributed by atoms with E-state index in [0.29, 0.717) is 13.0 Å². The van der Waals surface area contributed by atoms with E-state index in [1.54, 1.807) is 6.55 Å². The van der Waals surface area contributed by atoms with Crippen LogP contribution in [0.5, 0.6) is 0 Å². The van der Waals surface area contributed by atoms with E-state index >= 15 is 0 Å². The summed E-state index contributed by atoms with van der Waals surface area (Å²) in [5.74, 6) is -2.64. The average molecular weight is 308 g/mol. The molecule has 0 aromatic rings. The molecule has 1 heterocycles. The highest BCUT2D eigenvalue weighted by molar-refractivity contribution is 6.28. The standard InChI is InChI=1S/C5H11NO4Si.C5H9NO3/c1-11-10-4(7)2-3(6)5(8)9;7-5(8)4-2-1-3-6(4)9/h3H,2,6,11H2,1H3,(H,8,9);4,9H,1-3H2,(H,7,8). The predicted molar refractivity (Wildman–Crippen MR) is 69.9 cm³/mol. The first-order chi connectivity index (χ1) is 9.29. The van der Waals surface area contributed by atoms with Gasteiger partial charge in [-0.05, 0) is 19.4 Å². The van der Waals surface area contributed by atoms with Crippen molar-refractivity contribution in [2.24, 2.45) is 5.73 Å². The molecule has 1 aliphatic heterocycles. The Bertz CT molecular complexity index is 352. The number of nitrogens with two attached hydrogens (primary N) is 1. The summed E-state index contributed by atoms with van der Waals surface area (Å²) in [6.45, 7) is 2.27. The summed E-state index contributed by atoms with van der Waals surface area (Å²) in [5, 5.41) is 26.3. The van der Waals surface area contributed by atoms with E-state index in [-0.39, 0.29) is 6.42 Å². The predicted octanol–water partition coefficient (Wildman–Crippen LogP) is -1.61. The van der Waals surface area contributed by atoms with Crippen molar-refractivity contribution in [3.8, 4) is 0 Å². The van der Waals surface area contributed by atoms with Gasteiger partial charge < -0.3 is 25.6 Å². The van der Waals surface area contributed by atoms with E-state index in [4.69, 9.17) is 21.2 Å². The molecule has 0 spiro atoms. The Morgan fingerprint density at radius 2 is 2.05 bits per heavy atom. The first-order valence-corrected chi connectivity index (χ1v) is 8.11. The van der Waals surface area contributed by atoms with E-state index in [1.165, 1.54) is 0 Å². The lowest BCUT2D eigenvalue weighted by atomic mass is 10.2. The summed E-state index contributed by atoms with van der Waals surface area (Å²) in [5.41, 5.74) is 5.06. The Kier molecular flexibility index (Phi) is 8.71. The zero-order chi connectivity index (χ0) is 15.7. The number of carbonyl (C=O) groups is 3. The number of hydrogen-bond acceptors (Lipinski definition) is 7. The van der Waals surface area contributed by atoms with Crippen LogP contribution in [0.4, 0.5) is 0 Å². The molecule has 0 saturated carbocycles. The molecule has 0 aliphatic carbocycles. The van der Waals surface area contributed by atoms with Gasteiger partial charge in [0.2, 0.25) is 9.76 Å². The third kappa shape index (κ3) is 7.18. The molecule has 0 aromatic heterocycles. The minimum Gasteiger partial charge on any atom is -0.525 e. The molecule has 1 rings (SSSR count). The number of carboxylic acid groups (broad SMARTS) is 2. The smallest absolute Gasteiger partial charge is 0.323 e. The summed E-state index contributed by atoms with van der Waals surface area (Å²) in [6, 6.07) is -1.80. The summed E-state index contributed by atoms with van der Waals surface area (Å²) >= 11 is 0. The van der Waals surface area contributed by atoms with Crippen molar-refractivity contribution in [1.82, 2.24) is 5.06 Å². The van der Waals surface area contributed by atoms with Crippen LogP contribution in [0.3, 0.4) is 0 Å². The molecule has 0 bridgehead atoms. The maximum Gasteiger partial charge on any atom is 0.323 e.